The van der Waals surface area contributed by atoms with E-state index in [4.69, 9.17) is 0 Å². The minimum atomic E-state index is -3.52. The lowest BCUT2D eigenvalue weighted by Crippen LogP contribution is -2.49. The van der Waals surface area contributed by atoms with Crippen molar-refractivity contribution in [3.63, 3.8) is 0 Å². The first-order chi connectivity index (χ1) is 17.4. The van der Waals surface area contributed by atoms with E-state index in [1.54, 1.807) is 29.2 Å². The highest BCUT2D eigenvalue weighted by atomic mass is 32.2. The number of hydrogen-bond donors (Lipinski definition) is 0. The number of aromatic nitrogens is 2. The summed E-state index contributed by atoms with van der Waals surface area (Å²) in [7, 11) is -3.52. The van der Waals surface area contributed by atoms with Gasteiger partial charge in [-0.1, -0.05) is 6.42 Å². The van der Waals surface area contributed by atoms with E-state index in [1.165, 1.54) is 28.6 Å². The van der Waals surface area contributed by atoms with Gasteiger partial charge >= 0.3 is 0 Å². The highest BCUT2D eigenvalue weighted by molar-refractivity contribution is 7.89. The Morgan fingerprint density at radius 1 is 0.750 bits per heavy atom. The molecule has 1 aromatic heterocycles. The van der Waals surface area contributed by atoms with E-state index in [2.05, 4.69) is 15.1 Å². The number of rotatable bonds is 5. The molecule has 5 rings (SSSR count). The van der Waals surface area contributed by atoms with Gasteiger partial charge in [-0.15, -0.1) is 10.2 Å². The number of nitrogens with zero attached hydrogens (tertiary/aromatic N) is 5. The van der Waals surface area contributed by atoms with Gasteiger partial charge in [-0.2, -0.15) is 4.31 Å². The lowest BCUT2D eigenvalue weighted by atomic mass is 10.1. The van der Waals surface area contributed by atoms with Crippen LogP contribution in [0.2, 0.25) is 0 Å². The predicted octanol–water partition coefficient (Wildman–Crippen LogP) is 3.42. The quantitative estimate of drug-likeness (QED) is 0.524. The molecule has 188 valence electrons. The van der Waals surface area contributed by atoms with Crippen molar-refractivity contribution in [2.75, 3.05) is 44.2 Å². The van der Waals surface area contributed by atoms with Crippen LogP contribution in [0, 0.1) is 5.82 Å². The number of hydrogen-bond acceptors (Lipinski definition) is 6. The van der Waals surface area contributed by atoms with E-state index in [1.807, 2.05) is 12.1 Å². The fourth-order valence-corrected chi connectivity index (χ4v) is 6.13. The number of piperazine rings is 1. The largest absolute Gasteiger partial charge is 0.352 e. The Bertz CT molecular complexity index is 1300. The second-order valence-electron chi connectivity index (χ2n) is 9.05. The number of carbonyl (C=O) groups excluding carboxylic acids is 1. The Balaban J connectivity index is 1.19. The molecule has 0 N–H and O–H groups in total. The van der Waals surface area contributed by atoms with Gasteiger partial charge in [-0.25, -0.2) is 12.8 Å². The maximum atomic E-state index is 13.1. The minimum Gasteiger partial charge on any atom is -0.352 e. The summed E-state index contributed by atoms with van der Waals surface area (Å²) < 4.78 is 40.4. The van der Waals surface area contributed by atoms with Gasteiger partial charge < -0.3 is 9.80 Å². The normalized spacial score (nSPS) is 17.2. The van der Waals surface area contributed by atoms with E-state index >= 15 is 0 Å². The number of carbonyl (C=O) groups is 1. The molecule has 0 atom stereocenters. The van der Waals surface area contributed by atoms with Crippen LogP contribution in [0.1, 0.15) is 29.6 Å². The SMILES string of the molecule is O=C(c1ccc(S(=O)(=O)N2CCCCC2)cc1)N1CCN(c2ccc(-c3ccc(F)cc3)nn2)CC1. The van der Waals surface area contributed by atoms with Crippen molar-refractivity contribution in [2.24, 2.45) is 0 Å². The van der Waals surface area contributed by atoms with Gasteiger partial charge in [0.15, 0.2) is 5.82 Å². The van der Waals surface area contributed by atoms with Crippen LogP contribution in [0.4, 0.5) is 10.2 Å². The number of benzene rings is 2. The van der Waals surface area contributed by atoms with Gasteiger partial charge in [0.2, 0.25) is 10.0 Å². The molecule has 3 heterocycles. The van der Waals surface area contributed by atoms with Gasteiger partial charge in [-0.3, -0.25) is 4.79 Å². The lowest BCUT2D eigenvalue weighted by Gasteiger charge is -2.35. The maximum absolute atomic E-state index is 13.1. The van der Waals surface area contributed by atoms with Crippen molar-refractivity contribution in [3.05, 3.63) is 72.0 Å². The third kappa shape index (κ3) is 5.10. The van der Waals surface area contributed by atoms with Gasteiger partial charge in [0, 0.05) is 50.4 Å². The molecular formula is C26H28FN5O3S. The molecule has 0 unspecified atom stereocenters. The zero-order valence-corrected chi connectivity index (χ0v) is 20.7. The minimum absolute atomic E-state index is 0.116. The molecule has 2 aromatic carbocycles. The Morgan fingerprint density at radius 2 is 1.42 bits per heavy atom. The number of anilines is 1. The van der Waals surface area contributed by atoms with E-state index in [0.717, 1.165) is 30.6 Å². The van der Waals surface area contributed by atoms with Gasteiger partial charge in [0.1, 0.15) is 5.82 Å². The maximum Gasteiger partial charge on any atom is 0.253 e. The topological polar surface area (TPSA) is 86.7 Å². The molecule has 36 heavy (non-hydrogen) atoms. The van der Waals surface area contributed by atoms with Crippen molar-refractivity contribution in [3.8, 4) is 11.3 Å². The molecule has 3 aromatic rings. The van der Waals surface area contributed by atoms with Crippen LogP contribution in [-0.4, -0.2) is 73.0 Å². The van der Waals surface area contributed by atoms with Crippen LogP contribution < -0.4 is 4.90 Å². The van der Waals surface area contributed by atoms with Gasteiger partial charge in [0.05, 0.1) is 10.6 Å². The Labute approximate surface area is 210 Å². The van der Waals surface area contributed by atoms with E-state index in [-0.39, 0.29) is 16.6 Å². The molecule has 0 bridgehead atoms. The first kappa shape index (κ1) is 24.3. The number of sulfonamides is 1. The lowest BCUT2D eigenvalue weighted by molar-refractivity contribution is 0.0746. The highest BCUT2D eigenvalue weighted by Crippen LogP contribution is 2.23. The van der Waals surface area contributed by atoms with Gasteiger partial charge in [-0.05, 0) is 73.5 Å². The number of halogens is 1. The molecule has 0 aliphatic carbocycles. The Kier molecular flexibility index (Phi) is 6.97. The van der Waals surface area contributed by atoms with Crippen LogP contribution >= 0.6 is 0 Å². The van der Waals surface area contributed by atoms with E-state index in [9.17, 15) is 17.6 Å². The van der Waals surface area contributed by atoms with Crippen LogP contribution in [0.25, 0.3) is 11.3 Å². The second kappa shape index (κ2) is 10.3. The van der Waals surface area contributed by atoms with E-state index < -0.39 is 10.0 Å². The summed E-state index contributed by atoms with van der Waals surface area (Å²) in [6, 6.07) is 16.1. The zero-order chi connectivity index (χ0) is 25.1. The third-order valence-electron chi connectivity index (χ3n) is 6.74. The van der Waals surface area contributed by atoms with Gasteiger partial charge in [0.25, 0.3) is 5.91 Å². The zero-order valence-electron chi connectivity index (χ0n) is 19.9. The van der Waals surface area contributed by atoms with Crippen LogP contribution in [-0.2, 0) is 10.0 Å². The summed E-state index contributed by atoms with van der Waals surface area (Å²) in [5, 5.41) is 8.59. The first-order valence-electron chi connectivity index (χ1n) is 12.2. The fourth-order valence-electron chi connectivity index (χ4n) is 4.61. The van der Waals surface area contributed by atoms with Crippen LogP contribution in [0.5, 0.6) is 0 Å². The summed E-state index contributed by atoms with van der Waals surface area (Å²) in [6.45, 7) is 3.36. The van der Waals surface area contributed by atoms with Crippen LogP contribution in [0.15, 0.2) is 65.6 Å². The Hall–Kier alpha value is -3.37. The first-order valence-corrected chi connectivity index (χ1v) is 13.6. The molecule has 2 aliphatic heterocycles. The number of piperidine rings is 1. The third-order valence-corrected chi connectivity index (χ3v) is 8.65. The average molecular weight is 510 g/mol. The summed E-state index contributed by atoms with van der Waals surface area (Å²) in [6.07, 6.45) is 2.82. The predicted molar refractivity (Wildman–Crippen MR) is 135 cm³/mol. The fraction of sp³-hybridized carbons (Fsp3) is 0.346. The number of amides is 1. The molecule has 0 spiro atoms. The molecule has 0 radical (unpaired) electrons. The summed E-state index contributed by atoms with van der Waals surface area (Å²) >= 11 is 0. The van der Waals surface area contributed by atoms with E-state index in [0.29, 0.717) is 50.5 Å². The molecule has 2 aliphatic rings. The Morgan fingerprint density at radius 3 is 2.03 bits per heavy atom. The molecule has 10 heteroatoms. The van der Waals surface area contributed by atoms with Crippen molar-refractivity contribution in [1.29, 1.82) is 0 Å². The van der Waals surface area contributed by atoms with Crippen LogP contribution in [0.3, 0.4) is 0 Å². The monoisotopic (exact) mass is 509 g/mol. The van der Waals surface area contributed by atoms with Crippen molar-refractivity contribution < 1.29 is 17.6 Å². The van der Waals surface area contributed by atoms with Crippen molar-refractivity contribution in [1.82, 2.24) is 19.4 Å². The van der Waals surface area contributed by atoms with Crippen molar-refractivity contribution in [2.45, 2.75) is 24.2 Å². The smallest absolute Gasteiger partial charge is 0.253 e. The highest BCUT2D eigenvalue weighted by Gasteiger charge is 2.27. The molecule has 8 nitrogen and oxygen atoms in total. The second-order valence-corrected chi connectivity index (χ2v) is 11.0. The molecule has 2 fully saturated rings. The van der Waals surface area contributed by atoms with Crippen molar-refractivity contribution >= 4 is 21.7 Å². The summed E-state index contributed by atoms with van der Waals surface area (Å²) in [5.74, 6) is 0.309. The molecular weight excluding hydrogens is 481 g/mol. The molecule has 0 saturated carbocycles. The summed E-state index contributed by atoms with van der Waals surface area (Å²) in [4.78, 5) is 17.1. The average Bonchev–Trinajstić information content (AvgIpc) is 2.94. The molecule has 2 saturated heterocycles. The summed E-state index contributed by atoms with van der Waals surface area (Å²) in [5.41, 5.74) is 1.93. The standard InChI is InChI=1S/C26H28FN5O3S/c27-22-8-4-20(5-9-22)24-12-13-25(29-28-24)30-16-18-31(19-17-30)26(33)21-6-10-23(11-7-21)36(34,35)32-14-2-1-3-15-32/h4-13H,1-3,14-19H2. The molecule has 1 amide bonds.